The van der Waals surface area contributed by atoms with E-state index in [0.717, 1.165) is 11.4 Å². The predicted octanol–water partition coefficient (Wildman–Crippen LogP) is 4.53. The third-order valence-corrected chi connectivity index (χ3v) is 4.84. The van der Waals surface area contributed by atoms with Gasteiger partial charge in [0.1, 0.15) is 17.5 Å². The van der Waals surface area contributed by atoms with E-state index < -0.39 is 11.7 Å². The highest BCUT2D eigenvalue weighted by Crippen LogP contribution is 2.46. The number of hydrogen-bond acceptors (Lipinski definition) is 3. The lowest BCUT2D eigenvalue weighted by atomic mass is 9.83. The van der Waals surface area contributed by atoms with Crippen LogP contribution in [0.15, 0.2) is 72.0 Å². The van der Waals surface area contributed by atoms with Crippen molar-refractivity contribution in [3.8, 4) is 6.07 Å². The molecular formula is C22H20FN3O. The van der Waals surface area contributed by atoms with Crippen LogP contribution in [0.3, 0.4) is 0 Å². The van der Waals surface area contributed by atoms with E-state index in [1.807, 2.05) is 31.3 Å². The molecule has 0 radical (unpaired) electrons. The minimum Gasteiger partial charge on any atom is -0.347 e. The summed E-state index contributed by atoms with van der Waals surface area (Å²) in [4.78, 5) is 14.4. The Labute approximate surface area is 158 Å². The van der Waals surface area contributed by atoms with Gasteiger partial charge in [-0.2, -0.15) is 5.26 Å². The predicted molar refractivity (Wildman–Crippen MR) is 105 cm³/mol. The van der Waals surface area contributed by atoms with E-state index in [4.69, 9.17) is 0 Å². The zero-order valence-corrected chi connectivity index (χ0v) is 15.5. The Kier molecular flexibility index (Phi) is 4.83. The third kappa shape index (κ3) is 3.34. The molecule has 1 aliphatic rings. The van der Waals surface area contributed by atoms with Gasteiger partial charge < -0.3 is 10.2 Å². The first-order chi connectivity index (χ1) is 12.9. The molecule has 1 aliphatic heterocycles. The second-order valence-corrected chi connectivity index (χ2v) is 6.88. The van der Waals surface area contributed by atoms with Crippen LogP contribution in [0.2, 0.25) is 0 Å². The first-order valence-corrected chi connectivity index (χ1v) is 8.58. The first-order valence-electron chi connectivity index (χ1n) is 8.58. The number of amides is 1. The minimum atomic E-state index is -0.643. The fourth-order valence-electron chi connectivity index (χ4n) is 3.38. The number of nitrogens with one attached hydrogen (secondary N) is 1. The summed E-state index contributed by atoms with van der Waals surface area (Å²) < 4.78 is 13.7. The number of fused-ring (bicyclic) bond motifs is 1. The number of nitriles is 1. The number of carbonyl (C=O) groups is 1. The van der Waals surface area contributed by atoms with Gasteiger partial charge in [0, 0.05) is 23.8 Å². The summed E-state index contributed by atoms with van der Waals surface area (Å²) in [5.41, 5.74) is 2.94. The number of nitrogens with zero attached hydrogens (tertiary/aromatic N) is 2. The second-order valence-electron chi connectivity index (χ2n) is 6.88. The molecule has 2 aromatic carbocycles. The minimum absolute atomic E-state index is 0.0435. The molecule has 2 aromatic rings. The fraction of sp³-hybridized carbons (Fsp3) is 0.182. The van der Waals surface area contributed by atoms with Crippen LogP contribution in [-0.2, 0) is 10.2 Å². The number of carbonyl (C=O) groups excluding carboxylic acids is 1. The van der Waals surface area contributed by atoms with E-state index >= 15 is 0 Å². The first kappa shape index (κ1) is 18.4. The number of anilines is 2. The Hall–Kier alpha value is -3.39. The molecule has 136 valence electrons. The highest BCUT2D eigenvalue weighted by molar-refractivity contribution is 6.06. The van der Waals surface area contributed by atoms with Crippen molar-refractivity contribution in [3.63, 3.8) is 0 Å². The normalized spacial score (nSPS) is 16.8. The summed E-state index contributed by atoms with van der Waals surface area (Å²) in [6.07, 6.45) is 3.26. The smallest absolute Gasteiger partial charge is 0.266 e. The third-order valence-electron chi connectivity index (χ3n) is 4.84. The van der Waals surface area contributed by atoms with Crippen molar-refractivity contribution in [1.29, 1.82) is 5.26 Å². The van der Waals surface area contributed by atoms with Gasteiger partial charge in [-0.1, -0.05) is 44.2 Å². The van der Waals surface area contributed by atoms with Crippen LogP contribution >= 0.6 is 0 Å². The monoisotopic (exact) mass is 361 g/mol. The van der Waals surface area contributed by atoms with Gasteiger partial charge >= 0.3 is 0 Å². The van der Waals surface area contributed by atoms with E-state index in [2.05, 4.69) is 30.1 Å². The van der Waals surface area contributed by atoms with Crippen LogP contribution in [0.5, 0.6) is 0 Å². The number of halogens is 1. The van der Waals surface area contributed by atoms with Crippen molar-refractivity contribution in [2.75, 3.05) is 17.3 Å². The molecule has 0 atom stereocenters. The summed E-state index contributed by atoms with van der Waals surface area (Å²) in [6.45, 7) is 4.20. The number of para-hydroxylation sites is 2. The SMILES string of the molecule is CN1/C(=C\C=C(/C#N)C(=O)Nc2ccccc2F)C(C)(C)c2ccccc21. The zero-order valence-electron chi connectivity index (χ0n) is 15.5. The number of allylic oxidation sites excluding steroid dienone is 3. The van der Waals surface area contributed by atoms with Crippen molar-refractivity contribution in [2.24, 2.45) is 0 Å². The van der Waals surface area contributed by atoms with Gasteiger partial charge in [-0.15, -0.1) is 0 Å². The van der Waals surface area contributed by atoms with Crippen LogP contribution in [-0.4, -0.2) is 13.0 Å². The molecule has 0 aliphatic carbocycles. The number of benzene rings is 2. The van der Waals surface area contributed by atoms with Crippen LogP contribution < -0.4 is 10.2 Å². The lowest BCUT2D eigenvalue weighted by molar-refractivity contribution is -0.112. The second kappa shape index (κ2) is 7.08. The largest absolute Gasteiger partial charge is 0.347 e. The molecule has 27 heavy (non-hydrogen) atoms. The van der Waals surface area contributed by atoms with Crippen LogP contribution in [0.1, 0.15) is 19.4 Å². The molecule has 0 aromatic heterocycles. The van der Waals surface area contributed by atoms with Crippen molar-refractivity contribution in [2.45, 2.75) is 19.3 Å². The summed E-state index contributed by atoms with van der Waals surface area (Å²) in [5.74, 6) is -1.19. The van der Waals surface area contributed by atoms with Crippen molar-refractivity contribution in [3.05, 3.63) is 83.3 Å². The molecule has 0 spiro atoms. The lowest BCUT2D eigenvalue weighted by Crippen LogP contribution is -2.22. The molecular weight excluding hydrogens is 341 g/mol. The van der Waals surface area contributed by atoms with Gasteiger partial charge in [0.25, 0.3) is 5.91 Å². The van der Waals surface area contributed by atoms with Gasteiger partial charge in [-0.25, -0.2) is 4.39 Å². The Bertz CT molecular complexity index is 999. The van der Waals surface area contributed by atoms with E-state index in [9.17, 15) is 14.4 Å². The Morgan fingerprint density at radius 2 is 1.85 bits per heavy atom. The maximum absolute atomic E-state index is 13.7. The molecule has 4 nitrogen and oxygen atoms in total. The lowest BCUT2D eigenvalue weighted by Gasteiger charge is -2.23. The van der Waals surface area contributed by atoms with Gasteiger partial charge in [0.05, 0.1) is 5.69 Å². The molecule has 1 heterocycles. The van der Waals surface area contributed by atoms with E-state index in [0.29, 0.717) is 0 Å². The molecule has 0 bridgehead atoms. The molecule has 0 fully saturated rings. The molecule has 1 N–H and O–H groups in total. The topological polar surface area (TPSA) is 56.1 Å². The molecule has 5 heteroatoms. The number of likely N-dealkylation sites (N-methyl/N-ethyl adjacent to an activating group) is 1. The quantitative estimate of drug-likeness (QED) is 0.646. The zero-order chi connectivity index (χ0) is 19.6. The standard InChI is InChI=1S/C22H20FN3O/c1-22(2)16-8-4-7-11-19(16)26(3)20(22)13-12-15(14-24)21(27)25-18-10-6-5-9-17(18)23/h4-13H,1-3H3,(H,25,27)/b15-12+,20-13-. The summed E-state index contributed by atoms with van der Waals surface area (Å²) in [6, 6.07) is 15.8. The van der Waals surface area contributed by atoms with Gasteiger partial charge in [-0.05, 0) is 35.9 Å². The van der Waals surface area contributed by atoms with E-state index in [1.165, 1.54) is 29.8 Å². The summed E-state index contributed by atoms with van der Waals surface area (Å²) in [7, 11) is 1.96. The van der Waals surface area contributed by atoms with Crippen molar-refractivity contribution >= 4 is 17.3 Å². The Morgan fingerprint density at radius 1 is 1.19 bits per heavy atom. The maximum atomic E-state index is 13.7. The molecule has 0 saturated heterocycles. The van der Waals surface area contributed by atoms with Crippen LogP contribution in [0.4, 0.5) is 15.8 Å². The van der Waals surface area contributed by atoms with E-state index in [-0.39, 0.29) is 16.7 Å². The molecule has 1 amide bonds. The number of hydrogen-bond donors (Lipinski definition) is 1. The van der Waals surface area contributed by atoms with Crippen LogP contribution in [0, 0.1) is 17.1 Å². The highest BCUT2D eigenvalue weighted by atomic mass is 19.1. The van der Waals surface area contributed by atoms with Gasteiger partial charge in [0.15, 0.2) is 0 Å². The molecule has 0 saturated carbocycles. The average Bonchev–Trinajstić information content (AvgIpc) is 2.85. The number of rotatable bonds is 3. The summed E-state index contributed by atoms with van der Waals surface area (Å²) in [5, 5.41) is 11.8. The van der Waals surface area contributed by atoms with Crippen molar-refractivity contribution < 1.29 is 9.18 Å². The Morgan fingerprint density at radius 3 is 2.52 bits per heavy atom. The molecule has 3 rings (SSSR count). The Balaban J connectivity index is 1.90. The molecule has 0 unspecified atom stereocenters. The average molecular weight is 361 g/mol. The highest BCUT2D eigenvalue weighted by Gasteiger charge is 2.37. The van der Waals surface area contributed by atoms with Crippen molar-refractivity contribution in [1.82, 2.24) is 0 Å². The van der Waals surface area contributed by atoms with Gasteiger partial charge in [0.2, 0.25) is 0 Å². The van der Waals surface area contributed by atoms with Gasteiger partial charge in [-0.3, -0.25) is 4.79 Å². The van der Waals surface area contributed by atoms with Crippen LogP contribution in [0.25, 0.3) is 0 Å². The fourth-order valence-corrected chi connectivity index (χ4v) is 3.38. The van der Waals surface area contributed by atoms with E-state index in [1.54, 1.807) is 12.1 Å². The summed E-state index contributed by atoms with van der Waals surface area (Å²) >= 11 is 0. The maximum Gasteiger partial charge on any atom is 0.266 e.